The summed E-state index contributed by atoms with van der Waals surface area (Å²) in [4.78, 5) is 3.49. The molecule has 2 nitrogen and oxygen atoms in total. The molecule has 2 aromatic carbocycles. The van der Waals surface area contributed by atoms with E-state index in [-0.39, 0.29) is 6.15 Å². The molecule has 4 N–H and O–H groups in total. The summed E-state index contributed by atoms with van der Waals surface area (Å²) >= 11 is 0. The fraction of sp³-hybridized carbons (Fsp3) is 0.143. The Hall–Kier alpha value is -1.80. The van der Waals surface area contributed by atoms with E-state index in [1.807, 2.05) is 0 Å². The van der Waals surface area contributed by atoms with Crippen LogP contribution in [0.2, 0.25) is 0 Å². The molecule has 1 aromatic heterocycles. The molecular weight excluding hydrogens is 196 g/mol. The Morgan fingerprint density at radius 3 is 2.44 bits per heavy atom. The van der Waals surface area contributed by atoms with Crippen LogP contribution in [0.25, 0.3) is 21.8 Å². The normalized spacial score (nSPS) is 10.6. The molecule has 16 heavy (non-hydrogen) atoms. The van der Waals surface area contributed by atoms with Gasteiger partial charge in [0, 0.05) is 21.8 Å². The fourth-order valence-corrected chi connectivity index (χ4v) is 2.16. The van der Waals surface area contributed by atoms with Crippen LogP contribution in [0.4, 0.5) is 0 Å². The summed E-state index contributed by atoms with van der Waals surface area (Å²) in [5.74, 6) is 0. The Kier molecular flexibility index (Phi) is 2.44. The van der Waals surface area contributed by atoms with Crippen molar-refractivity contribution in [3.63, 3.8) is 0 Å². The van der Waals surface area contributed by atoms with Crippen LogP contribution in [0.5, 0.6) is 0 Å². The number of aryl methyl sites for hydroxylation is 2. The lowest BCUT2D eigenvalue weighted by atomic mass is 10.1. The molecule has 0 aliphatic rings. The van der Waals surface area contributed by atoms with Crippen molar-refractivity contribution < 1.29 is 0 Å². The maximum absolute atomic E-state index is 3.49. The van der Waals surface area contributed by atoms with Gasteiger partial charge >= 0.3 is 0 Å². The lowest BCUT2D eigenvalue weighted by Crippen LogP contribution is -1.81. The lowest BCUT2D eigenvalue weighted by molar-refractivity contribution is 1.35. The van der Waals surface area contributed by atoms with Crippen LogP contribution in [0.3, 0.4) is 0 Å². The molecule has 82 valence electrons. The second-order valence-electron chi connectivity index (χ2n) is 4.10. The van der Waals surface area contributed by atoms with Crippen molar-refractivity contribution in [3.05, 3.63) is 47.5 Å². The number of H-pyrrole nitrogens is 1. The summed E-state index contributed by atoms with van der Waals surface area (Å²) in [7, 11) is 0. The van der Waals surface area contributed by atoms with Gasteiger partial charge in [0.2, 0.25) is 0 Å². The van der Waals surface area contributed by atoms with Gasteiger partial charge in [0.25, 0.3) is 0 Å². The standard InChI is InChI=1S/C14H13N.H3N/c1-9-7-8-12-11-5-3-4-6-13(11)15-14(12)10(9)2;/h3-8,15H,1-2H3;1H3. The zero-order chi connectivity index (χ0) is 10.4. The van der Waals surface area contributed by atoms with Crippen LogP contribution >= 0.6 is 0 Å². The SMILES string of the molecule is Cc1ccc2c([nH]c3ccccc32)c1C.N. The molecule has 0 radical (unpaired) electrons. The summed E-state index contributed by atoms with van der Waals surface area (Å²) in [6, 6.07) is 12.9. The first-order valence-electron chi connectivity index (χ1n) is 5.24. The van der Waals surface area contributed by atoms with Crippen molar-refractivity contribution in [1.29, 1.82) is 0 Å². The number of nitrogens with one attached hydrogen (secondary N) is 1. The lowest BCUT2D eigenvalue weighted by Gasteiger charge is -2.00. The van der Waals surface area contributed by atoms with Gasteiger partial charge in [0.15, 0.2) is 0 Å². The first-order valence-corrected chi connectivity index (χ1v) is 5.24. The number of aromatic nitrogens is 1. The van der Waals surface area contributed by atoms with E-state index < -0.39 is 0 Å². The van der Waals surface area contributed by atoms with E-state index in [1.54, 1.807) is 0 Å². The molecule has 2 heteroatoms. The third-order valence-electron chi connectivity index (χ3n) is 3.21. The Labute approximate surface area is 94.9 Å². The second-order valence-corrected chi connectivity index (χ2v) is 4.10. The highest BCUT2D eigenvalue weighted by Gasteiger charge is 2.06. The maximum atomic E-state index is 3.49. The summed E-state index contributed by atoms with van der Waals surface area (Å²) in [5, 5.41) is 2.64. The van der Waals surface area contributed by atoms with Gasteiger partial charge in [-0.1, -0.05) is 30.3 Å². The van der Waals surface area contributed by atoms with Crippen LogP contribution in [0, 0.1) is 13.8 Å². The molecule has 0 amide bonds. The van der Waals surface area contributed by atoms with Crippen LogP contribution in [-0.2, 0) is 0 Å². The smallest absolute Gasteiger partial charge is 0.0497 e. The van der Waals surface area contributed by atoms with E-state index in [0.29, 0.717) is 0 Å². The zero-order valence-electron chi connectivity index (χ0n) is 9.67. The number of aromatic amines is 1. The third-order valence-corrected chi connectivity index (χ3v) is 3.21. The highest BCUT2D eigenvalue weighted by Crippen LogP contribution is 2.28. The predicted octanol–water partition coefficient (Wildman–Crippen LogP) is 4.10. The van der Waals surface area contributed by atoms with Gasteiger partial charge in [-0.3, -0.25) is 0 Å². The van der Waals surface area contributed by atoms with E-state index in [0.717, 1.165) is 0 Å². The third kappa shape index (κ3) is 1.31. The number of benzene rings is 2. The van der Waals surface area contributed by atoms with E-state index >= 15 is 0 Å². The Morgan fingerprint density at radius 2 is 1.62 bits per heavy atom. The van der Waals surface area contributed by atoms with Gasteiger partial charge in [-0.25, -0.2) is 0 Å². The van der Waals surface area contributed by atoms with Crippen LogP contribution in [0.15, 0.2) is 36.4 Å². The van der Waals surface area contributed by atoms with E-state index in [4.69, 9.17) is 0 Å². The van der Waals surface area contributed by atoms with Gasteiger partial charge in [-0.05, 0) is 31.0 Å². The summed E-state index contributed by atoms with van der Waals surface area (Å²) < 4.78 is 0. The first kappa shape index (κ1) is 10.7. The average Bonchev–Trinajstić information content (AvgIpc) is 2.63. The summed E-state index contributed by atoms with van der Waals surface area (Å²) in [6.45, 7) is 4.33. The molecule has 0 saturated carbocycles. The minimum Gasteiger partial charge on any atom is -0.354 e. The second kappa shape index (κ2) is 3.65. The molecule has 3 aromatic rings. The van der Waals surface area contributed by atoms with E-state index in [9.17, 15) is 0 Å². The predicted molar refractivity (Wildman–Crippen MR) is 70.3 cm³/mol. The van der Waals surface area contributed by atoms with Crippen LogP contribution in [-0.4, -0.2) is 4.98 Å². The molecule has 0 aliphatic carbocycles. The van der Waals surface area contributed by atoms with Crippen molar-refractivity contribution in [2.24, 2.45) is 0 Å². The quantitative estimate of drug-likeness (QED) is 0.579. The molecule has 0 spiro atoms. The minimum atomic E-state index is 0. The number of hydrogen-bond donors (Lipinski definition) is 2. The Bertz CT molecular complexity index is 650. The Balaban J connectivity index is 0.000000963. The molecule has 0 aliphatic heterocycles. The molecule has 0 saturated heterocycles. The first-order chi connectivity index (χ1) is 7.27. The van der Waals surface area contributed by atoms with Gasteiger partial charge in [0.1, 0.15) is 0 Å². The molecule has 0 fully saturated rings. The van der Waals surface area contributed by atoms with Gasteiger partial charge in [-0.2, -0.15) is 0 Å². The van der Waals surface area contributed by atoms with Crippen LogP contribution in [0.1, 0.15) is 11.1 Å². The van der Waals surface area contributed by atoms with Gasteiger partial charge < -0.3 is 11.1 Å². The average molecular weight is 212 g/mol. The highest BCUT2D eigenvalue weighted by atomic mass is 14.7. The maximum Gasteiger partial charge on any atom is 0.0497 e. The van der Waals surface area contributed by atoms with Crippen molar-refractivity contribution in [2.75, 3.05) is 0 Å². The van der Waals surface area contributed by atoms with Crippen molar-refractivity contribution >= 4 is 21.8 Å². The van der Waals surface area contributed by atoms with Crippen molar-refractivity contribution in [2.45, 2.75) is 13.8 Å². The van der Waals surface area contributed by atoms with E-state index in [2.05, 4.69) is 55.2 Å². The molecule has 1 heterocycles. The van der Waals surface area contributed by atoms with Gasteiger partial charge in [0.05, 0.1) is 0 Å². The molecule has 0 atom stereocenters. The molecular formula is C14H16N2. The van der Waals surface area contributed by atoms with Crippen molar-refractivity contribution in [3.8, 4) is 0 Å². The minimum absolute atomic E-state index is 0. The molecule has 0 bridgehead atoms. The number of para-hydroxylation sites is 1. The monoisotopic (exact) mass is 212 g/mol. The summed E-state index contributed by atoms with van der Waals surface area (Å²) in [6.07, 6.45) is 0. The molecule has 0 unspecified atom stereocenters. The van der Waals surface area contributed by atoms with Crippen molar-refractivity contribution in [1.82, 2.24) is 11.1 Å². The topological polar surface area (TPSA) is 50.8 Å². The van der Waals surface area contributed by atoms with Crippen LogP contribution < -0.4 is 6.15 Å². The number of fused-ring (bicyclic) bond motifs is 3. The highest BCUT2D eigenvalue weighted by molar-refractivity contribution is 6.08. The number of rotatable bonds is 0. The Morgan fingerprint density at radius 1 is 0.875 bits per heavy atom. The molecule has 3 rings (SSSR count). The van der Waals surface area contributed by atoms with Gasteiger partial charge in [-0.15, -0.1) is 0 Å². The summed E-state index contributed by atoms with van der Waals surface area (Å²) in [5.41, 5.74) is 5.19. The van der Waals surface area contributed by atoms with E-state index in [1.165, 1.54) is 32.9 Å². The number of hydrogen-bond acceptors (Lipinski definition) is 1. The largest absolute Gasteiger partial charge is 0.354 e. The zero-order valence-corrected chi connectivity index (χ0v) is 9.67. The fourth-order valence-electron chi connectivity index (χ4n) is 2.16.